The molecule has 0 unspecified atom stereocenters. The highest BCUT2D eigenvalue weighted by Crippen LogP contribution is 2.42. The van der Waals surface area contributed by atoms with E-state index in [1.54, 1.807) is 0 Å². The molecule has 0 bridgehead atoms. The number of fused-ring (bicyclic) bond motifs is 1. The van der Waals surface area contributed by atoms with E-state index in [2.05, 4.69) is 56.4 Å². The molecule has 2 heterocycles. The van der Waals surface area contributed by atoms with Crippen LogP contribution in [0.4, 0.5) is 11.4 Å². The summed E-state index contributed by atoms with van der Waals surface area (Å²) in [6, 6.07) is 14.9. The number of anilines is 2. The molecule has 5 nitrogen and oxygen atoms in total. The molecule has 0 amide bonds. The maximum atomic E-state index is 6.43. The van der Waals surface area contributed by atoms with Gasteiger partial charge in [0.15, 0.2) is 5.82 Å². The Hall–Kier alpha value is -2.79. The summed E-state index contributed by atoms with van der Waals surface area (Å²) in [7, 11) is 4.10. The van der Waals surface area contributed by atoms with Crippen molar-refractivity contribution in [3.63, 3.8) is 0 Å². The molecule has 0 radical (unpaired) electrons. The second-order valence-corrected chi connectivity index (χ2v) is 7.96. The molecule has 1 fully saturated rings. The lowest BCUT2D eigenvalue weighted by Crippen LogP contribution is -2.20. The van der Waals surface area contributed by atoms with Gasteiger partial charge >= 0.3 is 0 Å². The number of hydrogen-bond acceptors (Lipinski definition) is 4. The Morgan fingerprint density at radius 2 is 1.79 bits per heavy atom. The molecule has 0 N–H and O–H groups in total. The molecule has 1 aliphatic heterocycles. The fraction of sp³-hybridized carbons (Fsp3) is 0.273. The molecule has 1 aromatic heterocycles. The maximum Gasteiger partial charge on any atom is 0.165 e. The third-order valence-electron chi connectivity index (χ3n) is 5.69. The van der Waals surface area contributed by atoms with E-state index in [0.29, 0.717) is 11.1 Å². The van der Waals surface area contributed by atoms with Gasteiger partial charge in [-0.15, -0.1) is 10.2 Å². The van der Waals surface area contributed by atoms with Crippen LogP contribution in [0.1, 0.15) is 30.3 Å². The summed E-state index contributed by atoms with van der Waals surface area (Å²) >= 11 is 6.43. The van der Waals surface area contributed by atoms with Gasteiger partial charge < -0.3 is 14.4 Å². The smallest absolute Gasteiger partial charge is 0.165 e. The number of rotatable bonds is 4. The highest BCUT2D eigenvalue weighted by molar-refractivity contribution is 6.33. The van der Waals surface area contributed by atoms with Crippen molar-refractivity contribution in [1.82, 2.24) is 14.8 Å². The SMILES string of the molecule is C=C1N(C)c2ccc(Cc3nnc(-c4ccccc4Cl)n3C3CC3)cc2N1C. The van der Waals surface area contributed by atoms with Crippen molar-refractivity contribution in [3.8, 4) is 11.4 Å². The molecule has 3 aromatic rings. The van der Waals surface area contributed by atoms with Crippen LogP contribution in [0.5, 0.6) is 0 Å². The van der Waals surface area contributed by atoms with Crippen LogP contribution in [0.25, 0.3) is 11.4 Å². The van der Waals surface area contributed by atoms with Gasteiger partial charge in [-0.3, -0.25) is 0 Å². The van der Waals surface area contributed by atoms with Gasteiger partial charge in [-0.25, -0.2) is 0 Å². The summed E-state index contributed by atoms with van der Waals surface area (Å²) in [6.07, 6.45) is 3.07. The number of benzene rings is 2. The second-order valence-electron chi connectivity index (χ2n) is 7.55. The molecule has 0 saturated heterocycles. The van der Waals surface area contributed by atoms with Gasteiger partial charge in [-0.2, -0.15) is 0 Å². The summed E-state index contributed by atoms with van der Waals surface area (Å²) in [5.74, 6) is 2.84. The van der Waals surface area contributed by atoms with Gasteiger partial charge in [0.25, 0.3) is 0 Å². The summed E-state index contributed by atoms with van der Waals surface area (Å²) in [5.41, 5.74) is 4.51. The third kappa shape index (κ3) is 2.69. The van der Waals surface area contributed by atoms with Crippen molar-refractivity contribution in [2.24, 2.45) is 0 Å². The third-order valence-corrected chi connectivity index (χ3v) is 6.02. The molecule has 0 spiro atoms. The minimum atomic E-state index is 0.472. The minimum Gasteiger partial charge on any atom is -0.330 e. The van der Waals surface area contributed by atoms with Gasteiger partial charge in [-0.05, 0) is 42.7 Å². The molecular formula is C22H22ClN5. The quantitative estimate of drug-likeness (QED) is 0.635. The highest BCUT2D eigenvalue weighted by atomic mass is 35.5. The first-order chi connectivity index (χ1) is 13.5. The van der Waals surface area contributed by atoms with Crippen molar-refractivity contribution in [3.05, 3.63) is 71.3 Å². The number of halogens is 1. The van der Waals surface area contributed by atoms with E-state index in [4.69, 9.17) is 11.6 Å². The normalized spacial score (nSPS) is 16.0. The maximum absolute atomic E-state index is 6.43. The zero-order chi connectivity index (χ0) is 19.4. The highest BCUT2D eigenvalue weighted by Gasteiger charge is 2.31. The lowest BCUT2D eigenvalue weighted by atomic mass is 10.1. The summed E-state index contributed by atoms with van der Waals surface area (Å²) in [5, 5.41) is 9.77. The predicted octanol–water partition coefficient (Wildman–Crippen LogP) is 4.88. The predicted molar refractivity (Wildman–Crippen MR) is 114 cm³/mol. The molecule has 142 valence electrons. The molecule has 6 heteroatoms. The van der Waals surface area contributed by atoms with Crippen LogP contribution in [0.3, 0.4) is 0 Å². The lowest BCUT2D eigenvalue weighted by Gasteiger charge is -2.15. The van der Waals surface area contributed by atoms with Crippen molar-refractivity contribution in [1.29, 1.82) is 0 Å². The Morgan fingerprint density at radius 3 is 2.54 bits per heavy atom. The monoisotopic (exact) mass is 391 g/mol. The number of nitrogens with zero attached hydrogens (tertiary/aromatic N) is 5. The van der Waals surface area contributed by atoms with E-state index in [1.165, 1.54) is 29.8 Å². The van der Waals surface area contributed by atoms with Gasteiger partial charge in [0.1, 0.15) is 11.6 Å². The van der Waals surface area contributed by atoms with Crippen molar-refractivity contribution in [2.45, 2.75) is 25.3 Å². The first-order valence-corrected chi connectivity index (χ1v) is 9.90. The Kier molecular flexibility index (Phi) is 3.95. The second kappa shape index (κ2) is 6.38. The van der Waals surface area contributed by atoms with Crippen molar-refractivity contribution in [2.75, 3.05) is 23.9 Å². The van der Waals surface area contributed by atoms with Gasteiger partial charge in [0.2, 0.25) is 0 Å². The summed E-state index contributed by atoms with van der Waals surface area (Å²) < 4.78 is 2.28. The van der Waals surface area contributed by atoms with E-state index < -0.39 is 0 Å². The van der Waals surface area contributed by atoms with Crippen LogP contribution in [0.2, 0.25) is 5.02 Å². The average Bonchev–Trinajstić information content (AvgIpc) is 3.42. The fourth-order valence-corrected chi connectivity index (χ4v) is 4.12. The fourth-order valence-electron chi connectivity index (χ4n) is 3.90. The molecular weight excluding hydrogens is 370 g/mol. The zero-order valence-corrected chi connectivity index (χ0v) is 16.8. The van der Waals surface area contributed by atoms with Crippen LogP contribution in [0.15, 0.2) is 54.9 Å². The van der Waals surface area contributed by atoms with Gasteiger partial charge in [0.05, 0.1) is 16.4 Å². The minimum absolute atomic E-state index is 0.472. The molecule has 28 heavy (non-hydrogen) atoms. The first kappa shape index (κ1) is 17.3. The van der Waals surface area contributed by atoms with Crippen LogP contribution >= 0.6 is 11.6 Å². The van der Waals surface area contributed by atoms with E-state index in [-0.39, 0.29) is 0 Å². The lowest BCUT2D eigenvalue weighted by molar-refractivity contribution is 0.701. The van der Waals surface area contributed by atoms with Gasteiger partial charge in [0, 0.05) is 32.1 Å². The van der Waals surface area contributed by atoms with E-state index in [1.807, 2.05) is 31.3 Å². The van der Waals surface area contributed by atoms with Crippen molar-refractivity contribution >= 4 is 23.0 Å². The van der Waals surface area contributed by atoms with Crippen LogP contribution in [0, 0.1) is 0 Å². The number of aromatic nitrogens is 3. The van der Waals surface area contributed by atoms with E-state index >= 15 is 0 Å². The topological polar surface area (TPSA) is 37.2 Å². The average molecular weight is 392 g/mol. The molecule has 2 aromatic carbocycles. The zero-order valence-electron chi connectivity index (χ0n) is 16.1. The van der Waals surface area contributed by atoms with E-state index in [0.717, 1.165) is 29.5 Å². The molecule has 2 aliphatic rings. The molecule has 1 aliphatic carbocycles. The van der Waals surface area contributed by atoms with Crippen molar-refractivity contribution < 1.29 is 0 Å². The summed E-state index contributed by atoms with van der Waals surface area (Å²) in [4.78, 5) is 4.24. The molecule has 1 saturated carbocycles. The van der Waals surface area contributed by atoms with Gasteiger partial charge in [-0.1, -0.05) is 36.4 Å². The Morgan fingerprint density at radius 1 is 1.04 bits per heavy atom. The van der Waals surface area contributed by atoms with Crippen LogP contribution < -0.4 is 9.80 Å². The van der Waals surface area contributed by atoms with Crippen LogP contribution in [-0.2, 0) is 6.42 Å². The first-order valence-electron chi connectivity index (χ1n) is 9.52. The number of hydrogen-bond donors (Lipinski definition) is 0. The standard InChI is InChI=1S/C22H22ClN5/c1-14-26(2)19-11-8-15(12-20(19)27(14)3)13-21-24-25-22(28(21)16-9-10-16)17-6-4-5-7-18(17)23/h4-8,11-12,16H,1,9-10,13H2,2-3H3. The Balaban J connectivity index is 1.52. The molecule has 0 atom stereocenters. The summed E-state index contributed by atoms with van der Waals surface area (Å²) in [6.45, 7) is 4.15. The largest absolute Gasteiger partial charge is 0.330 e. The van der Waals surface area contributed by atoms with Crippen LogP contribution in [-0.4, -0.2) is 28.9 Å². The molecule has 5 rings (SSSR count). The Labute approximate surface area is 169 Å². The van der Waals surface area contributed by atoms with E-state index in [9.17, 15) is 0 Å². The Bertz CT molecular complexity index is 1080.